The Morgan fingerprint density at radius 2 is 2.04 bits per heavy atom. The molecule has 23 heavy (non-hydrogen) atoms. The van der Waals surface area contributed by atoms with Crippen molar-refractivity contribution in [2.45, 2.75) is 13.0 Å². The summed E-state index contributed by atoms with van der Waals surface area (Å²) in [7, 11) is 0. The second-order valence-electron chi connectivity index (χ2n) is 5.06. The maximum atomic E-state index is 12.0. The smallest absolute Gasteiger partial charge is 0.226 e. The molecular formula is C17H13ClN4O. The molecule has 1 aromatic heterocycles. The minimum Gasteiger partial charge on any atom is -0.326 e. The van der Waals surface area contributed by atoms with E-state index < -0.39 is 0 Å². The topological polar surface area (TPSA) is 70.7 Å². The van der Waals surface area contributed by atoms with Crippen LogP contribution in [0.5, 0.6) is 0 Å². The number of carbonyl (C=O) groups excluding carboxylic acids is 1. The van der Waals surface area contributed by atoms with E-state index in [1.165, 1.54) is 0 Å². The summed E-state index contributed by atoms with van der Waals surface area (Å²) in [5.41, 5.74) is 2.13. The molecule has 3 rings (SSSR count). The SMILES string of the molecule is N#Cc1ccc(NC(=O)CCn2ncc3ccc(Cl)cc32)cc1. The van der Waals surface area contributed by atoms with Gasteiger partial charge in [0.25, 0.3) is 0 Å². The van der Waals surface area contributed by atoms with E-state index in [-0.39, 0.29) is 5.91 Å². The molecule has 0 unspecified atom stereocenters. The van der Waals surface area contributed by atoms with E-state index in [0.717, 1.165) is 10.9 Å². The number of benzene rings is 2. The maximum Gasteiger partial charge on any atom is 0.226 e. The van der Waals surface area contributed by atoms with Crippen LogP contribution in [0.2, 0.25) is 5.02 Å². The molecule has 1 amide bonds. The Labute approximate surface area is 138 Å². The molecular weight excluding hydrogens is 312 g/mol. The Bertz CT molecular complexity index is 893. The number of anilines is 1. The Kier molecular flexibility index (Phi) is 4.26. The van der Waals surface area contributed by atoms with Crippen LogP contribution >= 0.6 is 11.6 Å². The number of hydrogen-bond donors (Lipinski definition) is 1. The summed E-state index contributed by atoms with van der Waals surface area (Å²) >= 11 is 6.00. The standard InChI is InChI=1S/C17H13ClN4O/c18-14-4-3-13-11-20-22(16(13)9-14)8-7-17(23)21-15-5-1-12(10-19)2-6-15/h1-6,9,11H,7-8H2,(H,21,23). The lowest BCUT2D eigenvalue weighted by molar-refractivity contribution is -0.116. The summed E-state index contributed by atoms with van der Waals surface area (Å²) in [5.74, 6) is -0.111. The fourth-order valence-electron chi connectivity index (χ4n) is 2.28. The van der Waals surface area contributed by atoms with Crippen molar-refractivity contribution in [2.75, 3.05) is 5.32 Å². The van der Waals surface area contributed by atoms with Crippen LogP contribution in [-0.4, -0.2) is 15.7 Å². The first-order chi connectivity index (χ1) is 11.2. The number of hydrogen-bond acceptors (Lipinski definition) is 3. The molecule has 0 radical (unpaired) electrons. The Hall–Kier alpha value is -2.84. The molecule has 0 saturated heterocycles. The number of nitrogens with zero attached hydrogens (tertiary/aromatic N) is 3. The van der Waals surface area contributed by atoms with Crippen molar-refractivity contribution in [3.8, 4) is 6.07 Å². The van der Waals surface area contributed by atoms with E-state index in [2.05, 4.69) is 10.4 Å². The number of halogens is 1. The summed E-state index contributed by atoms with van der Waals surface area (Å²) in [6.45, 7) is 0.464. The van der Waals surface area contributed by atoms with Crippen LogP contribution in [-0.2, 0) is 11.3 Å². The van der Waals surface area contributed by atoms with E-state index in [9.17, 15) is 4.79 Å². The predicted octanol–water partition coefficient (Wildman–Crippen LogP) is 3.59. The number of fused-ring (bicyclic) bond motifs is 1. The zero-order chi connectivity index (χ0) is 16.2. The number of amides is 1. The number of nitrogens with one attached hydrogen (secondary N) is 1. The predicted molar refractivity (Wildman–Crippen MR) is 89.1 cm³/mol. The molecule has 0 fully saturated rings. The first-order valence-electron chi connectivity index (χ1n) is 7.07. The molecule has 0 saturated carbocycles. The quantitative estimate of drug-likeness (QED) is 0.797. The highest BCUT2D eigenvalue weighted by Gasteiger charge is 2.07. The number of aromatic nitrogens is 2. The minimum absolute atomic E-state index is 0.111. The van der Waals surface area contributed by atoms with Crippen LogP contribution in [0.1, 0.15) is 12.0 Å². The minimum atomic E-state index is -0.111. The van der Waals surface area contributed by atoms with Gasteiger partial charge in [-0.1, -0.05) is 11.6 Å². The fourth-order valence-corrected chi connectivity index (χ4v) is 2.45. The number of nitriles is 1. The monoisotopic (exact) mass is 324 g/mol. The van der Waals surface area contributed by atoms with E-state index >= 15 is 0 Å². The molecule has 0 aliphatic carbocycles. The van der Waals surface area contributed by atoms with Gasteiger partial charge in [0.15, 0.2) is 0 Å². The molecule has 0 aliphatic heterocycles. The molecule has 3 aromatic rings. The Balaban J connectivity index is 1.63. The van der Waals surface area contributed by atoms with Gasteiger partial charge >= 0.3 is 0 Å². The Morgan fingerprint density at radius 3 is 2.78 bits per heavy atom. The zero-order valence-corrected chi connectivity index (χ0v) is 12.9. The van der Waals surface area contributed by atoms with Gasteiger partial charge in [0.2, 0.25) is 5.91 Å². The van der Waals surface area contributed by atoms with Gasteiger partial charge in [-0.3, -0.25) is 9.48 Å². The molecule has 5 nitrogen and oxygen atoms in total. The van der Waals surface area contributed by atoms with E-state index in [1.54, 1.807) is 35.1 Å². The summed E-state index contributed by atoms with van der Waals surface area (Å²) in [6.07, 6.45) is 2.05. The summed E-state index contributed by atoms with van der Waals surface area (Å²) in [5, 5.41) is 17.5. The highest BCUT2D eigenvalue weighted by molar-refractivity contribution is 6.31. The lowest BCUT2D eigenvalue weighted by Gasteiger charge is -2.06. The highest BCUT2D eigenvalue weighted by atomic mass is 35.5. The zero-order valence-electron chi connectivity index (χ0n) is 12.2. The van der Waals surface area contributed by atoms with E-state index in [4.69, 9.17) is 16.9 Å². The van der Waals surface area contributed by atoms with Gasteiger partial charge in [-0.25, -0.2) is 0 Å². The highest BCUT2D eigenvalue weighted by Crippen LogP contribution is 2.19. The van der Waals surface area contributed by atoms with Crippen molar-refractivity contribution in [3.05, 3.63) is 59.2 Å². The van der Waals surface area contributed by atoms with Crippen molar-refractivity contribution in [3.63, 3.8) is 0 Å². The molecule has 2 aromatic carbocycles. The van der Waals surface area contributed by atoms with E-state index in [1.807, 2.05) is 24.3 Å². The van der Waals surface area contributed by atoms with Crippen molar-refractivity contribution in [2.24, 2.45) is 0 Å². The molecule has 6 heteroatoms. The second-order valence-corrected chi connectivity index (χ2v) is 5.49. The van der Waals surface area contributed by atoms with Crippen LogP contribution in [0.4, 0.5) is 5.69 Å². The summed E-state index contributed by atoms with van der Waals surface area (Å²) < 4.78 is 1.76. The first kappa shape index (κ1) is 15.1. The maximum absolute atomic E-state index is 12.0. The molecule has 1 heterocycles. The summed E-state index contributed by atoms with van der Waals surface area (Å²) in [6, 6.07) is 14.3. The number of aryl methyl sites for hydroxylation is 1. The van der Waals surface area contributed by atoms with Crippen LogP contribution in [0.15, 0.2) is 48.7 Å². The Morgan fingerprint density at radius 1 is 1.26 bits per heavy atom. The average molecular weight is 325 g/mol. The third kappa shape index (κ3) is 3.50. The molecule has 0 spiro atoms. The number of carbonyl (C=O) groups is 1. The second kappa shape index (κ2) is 6.51. The van der Waals surface area contributed by atoms with Crippen molar-refractivity contribution in [1.29, 1.82) is 5.26 Å². The van der Waals surface area contributed by atoms with Gasteiger partial charge in [0.1, 0.15) is 0 Å². The average Bonchev–Trinajstić information content (AvgIpc) is 2.96. The van der Waals surface area contributed by atoms with Crippen molar-refractivity contribution >= 4 is 34.1 Å². The molecule has 1 N–H and O–H groups in total. The van der Waals surface area contributed by atoms with Crippen LogP contribution < -0.4 is 5.32 Å². The molecule has 114 valence electrons. The van der Waals surface area contributed by atoms with Gasteiger partial charge in [0.05, 0.1) is 29.9 Å². The lowest BCUT2D eigenvalue weighted by atomic mass is 10.2. The van der Waals surface area contributed by atoms with Gasteiger partial charge < -0.3 is 5.32 Å². The molecule has 0 bridgehead atoms. The largest absolute Gasteiger partial charge is 0.326 e. The van der Waals surface area contributed by atoms with Crippen molar-refractivity contribution < 1.29 is 4.79 Å². The van der Waals surface area contributed by atoms with Crippen LogP contribution in [0.25, 0.3) is 10.9 Å². The van der Waals surface area contributed by atoms with Crippen LogP contribution in [0, 0.1) is 11.3 Å². The molecule has 0 aliphatic rings. The van der Waals surface area contributed by atoms with Gasteiger partial charge in [-0.2, -0.15) is 10.4 Å². The number of rotatable bonds is 4. The van der Waals surface area contributed by atoms with Crippen molar-refractivity contribution in [1.82, 2.24) is 9.78 Å². The lowest BCUT2D eigenvalue weighted by Crippen LogP contribution is -2.14. The van der Waals surface area contributed by atoms with Crippen LogP contribution in [0.3, 0.4) is 0 Å². The van der Waals surface area contributed by atoms with E-state index in [0.29, 0.717) is 29.2 Å². The third-order valence-corrected chi connectivity index (χ3v) is 3.69. The van der Waals surface area contributed by atoms with Gasteiger partial charge in [-0.05, 0) is 42.5 Å². The third-order valence-electron chi connectivity index (χ3n) is 3.46. The normalized spacial score (nSPS) is 10.4. The first-order valence-corrected chi connectivity index (χ1v) is 7.44. The van der Waals surface area contributed by atoms with Gasteiger partial charge in [-0.15, -0.1) is 0 Å². The summed E-state index contributed by atoms with van der Waals surface area (Å²) in [4.78, 5) is 12.0. The van der Waals surface area contributed by atoms with Gasteiger partial charge in [0, 0.05) is 22.5 Å². The molecule has 0 atom stereocenters. The fraction of sp³-hybridized carbons (Fsp3) is 0.118.